The summed E-state index contributed by atoms with van der Waals surface area (Å²) in [5.74, 6) is -1.20. The van der Waals surface area contributed by atoms with Gasteiger partial charge in [0.05, 0.1) is 20.3 Å². The molecule has 5 rings (SSSR count). The molecule has 0 unspecified atom stereocenters. The number of cyclic esters (lactones) is 1. The number of hydrogen-bond acceptors (Lipinski definition) is 8. The van der Waals surface area contributed by atoms with Gasteiger partial charge in [0.25, 0.3) is 14.2 Å². The van der Waals surface area contributed by atoms with Gasteiger partial charge in [-0.1, -0.05) is 112 Å². The Morgan fingerprint density at radius 2 is 1.40 bits per heavy atom. The zero-order valence-corrected chi connectivity index (χ0v) is 30.4. The van der Waals surface area contributed by atoms with Crippen molar-refractivity contribution < 1.29 is 37.8 Å². The summed E-state index contributed by atoms with van der Waals surface area (Å²) in [5, 5.41) is 4.58. The number of esters is 2. The largest absolute Gasteiger partial charge is 0.497 e. The van der Waals surface area contributed by atoms with E-state index in [0.29, 0.717) is 11.3 Å². The third-order valence-electron chi connectivity index (χ3n) is 9.11. The summed E-state index contributed by atoms with van der Waals surface area (Å²) >= 11 is 0. The van der Waals surface area contributed by atoms with E-state index in [9.17, 15) is 14.4 Å². The first kappa shape index (κ1) is 36.5. The van der Waals surface area contributed by atoms with Crippen molar-refractivity contribution in [1.29, 1.82) is 0 Å². The molecule has 1 saturated heterocycles. The molecule has 10 heteroatoms. The minimum Gasteiger partial charge on any atom is -0.497 e. The molecule has 0 bridgehead atoms. The van der Waals surface area contributed by atoms with E-state index in [-0.39, 0.29) is 18.3 Å². The van der Waals surface area contributed by atoms with Crippen LogP contribution >= 0.6 is 0 Å². The van der Waals surface area contributed by atoms with Gasteiger partial charge in [-0.15, -0.1) is 0 Å². The monoisotopic (exact) mass is 695 g/mol. The first-order valence-electron chi connectivity index (χ1n) is 16.6. The fourth-order valence-electron chi connectivity index (χ4n) is 6.54. The Morgan fingerprint density at radius 1 is 0.860 bits per heavy atom. The minimum atomic E-state index is -3.08. The van der Waals surface area contributed by atoms with Gasteiger partial charge in [0.2, 0.25) is 0 Å². The first-order chi connectivity index (χ1) is 23.9. The van der Waals surface area contributed by atoms with Gasteiger partial charge >= 0.3 is 11.9 Å². The van der Waals surface area contributed by atoms with Crippen LogP contribution in [0.5, 0.6) is 5.75 Å². The van der Waals surface area contributed by atoms with Crippen molar-refractivity contribution in [2.24, 2.45) is 0 Å². The van der Waals surface area contributed by atoms with Gasteiger partial charge in [0.15, 0.2) is 17.7 Å². The van der Waals surface area contributed by atoms with Crippen LogP contribution < -0.4 is 20.4 Å². The standard InChI is InChI=1S/C40H45NO8Si/c1-28(42)48-36-35(49-38(44)40(36,5)41-37(43)30-16-10-7-11-17-30)34(46-26-29-22-24-31(45-6)25-23-29)27-47-50(39(2,3)4,32-18-12-8-13-19-32)33-20-14-9-15-21-33/h7-25,34-36H,26-27H2,1-6H3,(H,41,43)/t34-,35+,36+,40-/m0/s1. The summed E-state index contributed by atoms with van der Waals surface area (Å²) in [6.45, 7) is 9.38. The van der Waals surface area contributed by atoms with Gasteiger partial charge in [-0.05, 0) is 52.2 Å². The Labute approximate surface area is 295 Å². The van der Waals surface area contributed by atoms with Crippen LogP contribution in [0.2, 0.25) is 5.04 Å². The molecule has 0 saturated carbocycles. The van der Waals surface area contributed by atoms with E-state index in [1.54, 1.807) is 37.4 Å². The van der Waals surface area contributed by atoms with E-state index in [2.05, 4.69) is 50.4 Å². The van der Waals surface area contributed by atoms with E-state index in [0.717, 1.165) is 15.9 Å². The van der Waals surface area contributed by atoms with Crippen molar-refractivity contribution >= 4 is 36.5 Å². The van der Waals surface area contributed by atoms with Crippen LogP contribution in [0, 0.1) is 0 Å². The van der Waals surface area contributed by atoms with Crippen LogP contribution in [0.15, 0.2) is 115 Å². The molecule has 262 valence electrons. The van der Waals surface area contributed by atoms with Crippen LogP contribution in [-0.2, 0) is 34.8 Å². The predicted octanol–water partition coefficient (Wildman–Crippen LogP) is 5.20. The second-order valence-electron chi connectivity index (χ2n) is 13.6. The average Bonchev–Trinajstić information content (AvgIpc) is 3.34. The molecule has 1 fully saturated rings. The van der Waals surface area contributed by atoms with Gasteiger partial charge in [-0.2, -0.15) is 0 Å². The maximum absolute atomic E-state index is 13.8. The molecule has 1 amide bonds. The quantitative estimate of drug-likeness (QED) is 0.150. The normalized spacial score (nSPS) is 19.7. The molecule has 0 aliphatic carbocycles. The summed E-state index contributed by atoms with van der Waals surface area (Å²) in [4.78, 5) is 39.8. The summed E-state index contributed by atoms with van der Waals surface area (Å²) in [7, 11) is -1.48. The first-order valence-corrected chi connectivity index (χ1v) is 18.6. The van der Waals surface area contributed by atoms with Gasteiger partial charge in [-0.3, -0.25) is 9.59 Å². The number of benzene rings is 4. The number of hydrogen-bond donors (Lipinski definition) is 1. The summed E-state index contributed by atoms with van der Waals surface area (Å²) < 4.78 is 31.0. The van der Waals surface area contributed by atoms with E-state index in [1.165, 1.54) is 13.8 Å². The molecule has 0 radical (unpaired) electrons. The molecular weight excluding hydrogens is 651 g/mol. The molecule has 1 aliphatic rings. The molecule has 0 spiro atoms. The lowest BCUT2D eigenvalue weighted by molar-refractivity contribution is -0.163. The Bertz CT molecular complexity index is 1710. The fraction of sp³-hybridized carbons (Fsp3) is 0.325. The van der Waals surface area contributed by atoms with Crippen molar-refractivity contribution in [2.45, 2.75) is 70.1 Å². The number of carbonyl (C=O) groups excluding carboxylic acids is 3. The molecule has 0 aromatic heterocycles. The third kappa shape index (κ3) is 7.67. The maximum atomic E-state index is 13.8. The van der Waals surface area contributed by atoms with Gasteiger partial charge in [-0.25, -0.2) is 4.79 Å². The number of carbonyl (C=O) groups is 3. The highest BCUT2D eigenvalue weighted by molar-refractivity contribution is 6.99. The molecule has 4 aromatic carbocycles. The van der Waals surface area contributed by atoms with Crippen LogP contribution in [0.1, 0.15) is 50.5 Å². The number of rotatable bonds is 13. The molecule has 9 nitrogen and oxygen atoms in total. The number of ether oxygens (including phenoxy) is 4. The lowest BCUT2D eigenvalue weighted by Gasteiger charge is -2.44. The fourth-order valence-corrected chi connectivity index (χ4v) is 11.1. The molecule has 1 aliphatic heterocycles. The minimum absolute atomic E-state index is 0.0120. The molecule has 4 atom stereocenters. The molecule has 50 heavy (non-hydrogen) atoms. The Kier molecular flexibility index (Phi) is 11.3. The number of amides is 1. The third-order valence-corrected chi connectivity index (χ3v) is 14.1. The second-order valence-corrected chi connectivity index (χ2v) is 17.9. The van der Waals surface area contributed by atoms with E-state index in [4.69, 9.17) is 23.4 Å². The molecule has 1 heterocycles. The van der Waals surface area contributed by atoms with E-state index < -0.39 is 50.0 Å². The van der Waals surface area contributed by atoms with Gasteiger partial charge < -0.3 is 28.7 Å². The lowest BCUT2D eigenvalue weighted by atomic mass is 9.91. The average molecular weight is 696 g/mol. The lowest BCUT2D eigenvalue weighted by Crippen LogP contribution is -2.67. The van der Waals surface area contributed by atoms with Crippen molar-refractivity contribution in [3.63, 3.8) is 0 Å². The van der Waals surface area contributed by atoms with E-state index in [1.807, 2.05) is 60.7 Å². The van der Waals surface area contributed by atoms with Crippen molar-refractivity contribution in [2.75, 3.05) is 13.7 Å². The highest BCUT2D eigenvalue weighted by Gasteiger charge is 2.61. The summed E-state index contributed by atoms with van der Waals surface area (Å²) in [6, 6.07) is 36.3. The van der Waals surface area contributed by atoms with Crippen LogP contribution in [0.25, 0.3) is 0 Å². The second kappa shape index (κ2) is 15.4. The number of methoxy groups -OCH3 is 1. The highest BCUT2D eigenvalue weighted by atomic mass is 28.4. The Balaban J connectivity index is 1.55. The van der Waals surface area contributed by atoms with Crippen LogP contribution in [0.3, 0.4) is 0 Å². The smallest absolute Gasteiger partial charge is 0.336 e. The predicted molar refractivity (Wildman–Crippen MR) is 193 cm³/mol. The summed E-state index contributed by atoms with van der Waals surface area (Å²) in [6.07, 6.45) is -3.27. The zero-order valence-electron chi connectivity index (χ0n) is 29.4. The molecular formula is C40H45NO8Si. The number of nitrogens with one attached hydrogen (secondary N) is 1. The topological polar surface area (TPSA) is 109 Å². The van der Waals surface area contributed by atoms with Crippen molar-refractivity contribution in [3.05, 3.63) is 126 Å². The highest BCUT2D eigenvalue weighted by Crippen LogP contribution is 2.38. The van der Waals surface area contributed by atoms with Crippen LogP contribution in [0.4, 0.5) is 0 Å². The van der Waals surface area contributed by atoms with Gasteiger partial charge in [0, 0.05) is 12.5 Å². The Morgan fingerprint density at radius 3 is 1.90 bits per heavy atom. The van der Waals surface area contributed by atoms with Crippen molar-refractivity contribution in [3.8, 4) is 5.75 Å². The maximum Gasteiger partial charge on any atom is 0.336 e. The SMILES string of the molecule is COc1ccc(CO[C@@H](CO[Si](c2ccccc2)(c2ccccc2)C(C)(C)C)[C@H]2OC(=O)[C@@](C)(NC(=O)c3ccccc3)[C@@H]2OC(C)=O)cc1. The van der Waals surface area contributed by atoms with E-state index >= 15 is 0 Å². The van der Waals surface area contributed by atoms with Gasteiger partial charge in [0.1, 0.15) is 11.9 Å². The van der Waals surface area contributed by atoms with Crippen LogP contribution in [-0.4, -0.2) is 63.7 Å². The zero-order chi connectivity index (χ0) is 35.9. The molecule has 4 aromatic rings. The Hall–Kier alpha value is -4.77. The molecule has 1 N–H and O–H groups in total. The summed E-state index contributed by atoms with van der Waals surface area (Å²) in [5.41, 5.74) is -0.536. The van der Waals surface area contributed by atoms with Crippen molar-refractivity contribution in [1.82, 2.24) is 5.32 Å².